The van der Waals surface area contributed by atoms with Gasteiger partial charge in [-0.25, -0.2) is 0 Å². The summed E-state index contributed by atoms with van der Waals surface area (Å²) in [5.41, 5.74) is 12.3. The lowest BCUT2D eigenvalue weighted by molar-refractivity contribution is 0.305. The Morgan fingerprint density at radius 1 is 1.20 bits per heavy atom. The van der Waals surface area contributed by atoms with Gasteiger partial charge >= 0.3 is 0 Å². The van der Waals surface area contributed by atoms with E-state index in [1.54, 1.807) is 12.1 Å². The third-order valence-electron chi connectivity index (χ3n) is 5.37. The molecule has 0 aliphatic carbocycles. The second-order valence-corrected chi connectivity index (χ2v) is 7.81. The van der Waals surface area contributed by atoms with Crippen LogP contribution in [0.15, 0.2) is 47.9 Å². The third kappa shape index (κ3) is 3.49. The molecule has 30 heavy (non-hydrogen) atoms. The number of hydrogen-bond donors (Lipinski definition) is 2. The smallest absolute Gasteiger partial charge is 0.244 e. The van der Waals surface area contributed by atoms with Gasteiger partial charge in [-0.2, -0.15) is 5.26 Å². The molecule has 0 saturated heterocycles. The maximum atomic E-state index is 9.80. The van der Waals surface area contributed by atoms with Crippen molar-refractivity contribution < 1.29 is 9.47 Å². The largest absolute Gasteiger partial charge is 0.489 e. The lowest BCUT2D eigenvalue weighted by Crippen LogP contribution is -2.21. The van der Waals surface area contributed by atoms with Crippen molar-refractivity contribution in [3.05, 3.63) is 86.4 Å². The molecule has 152 valence electrons. The maximum absolute atomic E-state index is 9.80. The van der Waals surface area contributed by atoms with Crippen molar-refractivity contribution in [2.24, 2.45) is 5.73 Å². The number of halogens is 1. The molecule has 0 radical (unpaired) electrons. The number of H-pyrrole nitrogens is 1. The van der Waals surface area contributed by atoms with Gasteiger partial charge in [-0.1, -0.05) is 23.7 Å². The highest BCUT2D eigenvalue weighted by atomic mass is 35.5. The Bertz CT molecular complexity index is 1190. The van der Waals surface area contributed by atoms with E-state index < -0.39 is 0 Å². The van der Waals surface area contributed by atoms with E-state index in [1.165, 1.54) is 0 Å². The second-order valence-electron chi connectivity index (χ2n) is 7.37. The maximum Gasteiger partial charge on any atom is 0.244 e. The molecule has 4 rings (SSSR count). The molecule has 0 fully saturated rings. The number of fused-ring (bicyclic) bond motifs is 1. The Hall–Kier alpha value is -3.43. The number of hydrogen-bond acceptors (Lipinski definition) is 5. The first-order valence-corrected chi connectivity index (χ1v) is 9.87. The van der Waals surface area contributed by atoms with Crippen molar-refractivity contribution in [1.82, 2.24) is 10.2 Å². The standard InChI is InChI=1S/C23H21ClN4O2/c1-12-8-13(2)18(9-15(12)11-29-17-6-4-16(24)5-7-17)21-19(10-25)22(26)30-23-20(21)14(3)27-28-23/h4-9,21H,11,26H2,1-3H3,(H,27,28)/t21-/m0/s1. The average molecular weight is 421 g/mol. The zero-order chi connectivity index (χ0) is 21.4. The highest BCUT2D eigenvalue weighted by Gasteiger charge is 2.35. The van der Waals surface area contributed by atoms with Gasteiger partial charge in [-0.05, 0) is 67.3 Å². The first kappa shape index (κ1) is 19.9. The van der Waals surface area contributed by atoms with Crippen LogP contribution in [0.1, 0.15) is 39.4 Å². The molecule has 7 heteroatoms. The minimum Gasteiger partial charge on any atom is -0.489 e. The second kappa shape index (κ2) is 7.77. The van der Waals surface area contributed by atoms with Crippen LogP contribution in [0.4, 0.5) is 0 Å². The van der Waals surface area contributed by atoms with Gasteiger partial charge in [0.2, 0.25) is 11.8 Å². The Balaban J connectivity index is 1.75. The summed E-state index contributed by atoms with van der Waals surface area (Å²) in [4.78, 5) is 0. The lowest BCUT2D eigenvalue weighted by Gasteiger charge is -2.26. The number of nitrogens with one attached hydrogen (secondary N) is 1. The number of nitriles is 1. The lowest BCUT2D eigenvalue weighted by atomic mass is 9.81. The Kier molecular flexibility index (Phi) is 5.15. The number of rotatable bonds is 4. The molecule has 1 aliphatic rings. The number of nitrogens with two attached hydrogens (primary N) is 1. The summed E-state index contributed by atoms with van der Waals surface area (Å²) in [7, 11) is 0. The first-order valence-electron chi connectivity index (χ1n) is 9.50. The van der Waals surface area contributed by atoms with Crippen LogP contribution in [0.5, 0.6) is 11.6 Å². The van der Waals surface area contributed by atoms with Crippen LogP contribution >= 0.6 is 11.6 Å². The van der Waals surface area contributed by atoms with E-state index in [1.807, 2.05) is 32.9 Å². The van der Waals surface area contributed by atoms with E-state index >= 15 is 0 Å². The highest BCUT2D eigenvalue weighted by molar-refractivity contribution is 6.30. The van der Waals surface area contributed by atoms with Gasteiger partial charge in [0.05, 0.1) is 5.92 Å². The SMILES string of the molecule is Cc1cc(C)c([C@H]2C(C#N)=C(N)Oc3n[nH]c(C)c32)cc1COc1ccc(Cl)cc1. The molecule has 0 saturated carbocycles. The van der Waals surface area contributed by atoms with Crippen molar-refractivity contribution in [3.63, 3.8) is 0 Å². The molecule has 3 aromatic rings. The van der Waals surface area contributed by atoms with E-state index in [4.69, 9.17) is 26.8 Å². The molecular formula is C23H21ClN4O2. The Morgan fingerprint density at radius 3 is 2.63 bits per heavy atom. The number of ether oxygens (including phenoxy) is 2. The average Bonchev–Trinajstić information content (AvgIpc) is 3.08. The van der Waals surface area contributed by atoms with Crippen molar-refractivity contribution in [1.29, 1.82) is 5.26 Å². The van der Waals surface area contributed by atoms with Crippen molar-refractivity contribution in [2.45, 2.75) is 33.3 Å². The number of aryl methyl sites for hydroxylation is 3. The van der Waals surface area contributed by atoms with Gasteiger partial charge in [-0.15, -0.1) is 5.10 Å². The zero-order valence-electron chi connectivity index (χ0n) is 16.9. The summed E-state index contributed by atoms with van der Waals surface area (Å²) >= 11 is 5.95. The molecule has 2 aromatic carbocycles. The van der Waals surface area contributed by atoms with Gasteiger partial charge in [0, 0.05) is 16.3 Å². The summed E-state index contributed by atoms with van der Waals surface area (Å²) < 4.78 is 11.5. The summed E-state index contributed by atoms with van der Waals surface area (Å²) in [5.74, 6) is 0.877. The number of nitrogens with zero attached hydrogens (tertiary/aromatic N) is 2. The van der Waals surface area contributed by atoms with Gasteiger partial charge in [0.1, 0.15) is 24.0 Å². The summed E-state index contributed by atoms with van der Waals surface area (Å²) in [6.07, 6.45) is 0. The molecular weight excluding hydrogens is 400 g/mol. The van der Waals surface area contributed by atoms with Crippen LogP contribution in [0, 0.1) is 32.1 Å². The summed E-state index contributed by atoms with van der Waals surface area (Å²) in [6.45, 7) is 6.38. The number of aromatic nitrogens is 2. The number of benzene rings is 2. The van der Waals surface area contributed by atoms with Crippen molar-refractivity contribution in [3.8, 4) is 17.7 Å². The van der Waals surface area contributed by atoms with Gasteiger partial charge in [0.15, 0.2) is 0 Å². The zero-order valence-corrected chi connectivity index (χ0v) is 17.7. The van der Waals surface area contributed by atoms with Crippen molar-refractivity contribution in [2.75, 3.05) is 0 Å². The molecule has 1 aromatic heterocycles. The monoisotopic (exact) mass is 420 g/mol. The van der Waals surface area contributed by atoms with Gasteiger partial charge < -0.3 is 15.2 Å². The Labute approximate surface area is 179 Å². The number of aromatic amines is 1. The minimum atomic E-state index is -0.354. The summed E-state index contributed by atoms with van der Waals surface area (Å²) in [6, 6.07) is 13.7. The quantitative estimate of drug-likeness (QED) is 0.632. The third-order valence-corrected chi connectivity index (χ3v) is 5.63. The van der Waals surface area contributed by atoms with E-state index in [0.29, 0.717) is 23.1 Å². The summed E-state index contributed by atoms with van der Waals surface area (Å²) in [5, 5.41) is 17.6. The van der Waals surface area contributed by atoms with Crippen molar-refractivity contribution >= 4 is 11.6 Å². The molecule has 0 unspecified atom stereocenters. The fourth-order valence-electron chi connectivity index (χ4n) is 3.78. The van der Waals surface area contributed by atoms with Crippen LogP contribution in [0.3, 0.4) is 0 Å². The topological polar surface area (TPSA) is 97.0 Å². The minimum absolute atomic E-state index is 0.0837. The molecule has 0 spiro atoms. The van der Waals surface area contributed by atoms with E-state index in [-0.39, 0.29) is 11.8 Å². The van der Waals surface area contributed by atoms with E-state index in [2.05, 4.69) is 28.4 Å². The molecule has 1 aliphatic heterocycles. The fraction of sp³-hybridized carbons (Fsp3) is 0.217. The molecule has 0 amide bonds. The van der Waals surface area contributed by atoms with Crippen LogP contribution < -0.4 is 15.2 Å². The molecule has 3 N–H and O–H groups in total. The fourth-order valence-corrected chi connectivity index (χ4v) is 3.91. The number of allylic oxidation sites excluding steroid dienone is 1. The Morgan fingerprint density at radius 2 is 1.93 bits per heavy atom. The molecule has 6 nitrogen and oxygen atoms in total. The normalized spacial score (nSPS) is 15.4. The van der Waals surface area contributed by atoms with Gasteiger partial charge in [0.25, 0.3) is 0 Å². The van der Waals surface area contributed by atoms with E-state index in [9.17, 15) is 5.26 Å². The van der Waals surface area contributed by atoms with Crippen LogP contribution in [0.2, 0.25) is 5.02 Å². The van der Waals surface area contributed by atoms with Crippen LogP contribution in [0.25, 0.3) is 0 Å². The molecule has 2 heterocycles. The van der Waals surface area contributed by atoms with Gasteiger partial charge in [-0.3, -0.25) is 5.10 Å². The van der Waals surface area contributed by atoms with Crippen LogP contribution in [-0.4, -0.2) is 10.2 Å². The molecule has 0 bridgehead atoms. The predicted molar refractivity (Wildman–Crippen MR) is 114 cm³/mol. The van der Waals surface area contributed by atoms with E-state index in [0.717, 1.165) is 39.3 Å². The molecule has 1 atom stereocenters. The predicted octanol–water partition coefficient (Wildman–Crippen LogP) is 4.79. The van der Waals surface area contributed by atoms with Crippen LogP contribution in [-0.2, 0) is 6.61 Å². The highest BCUT2D eigenvalue weighted by Crippen LogP contribution is 2.44. The first-order chi connectivity index (χ1) is 14.4.